The lowest BCUT2D eigenvalue weighted by molar-refractivity contribution is 0.466. The fraction of sp³-hybridized carbons (Fsp3) is 0.417. The third-order valence-corrected chi connectivity index (χ3v) is 2.75. The van der Waals surface area contributed by atoms with Gasteiger partial charge in [0, 0.05) is 16.7 Å². The zero-order chi connectivity index (χ0) is 11.3. The quantitative estimate of drug-likeness (QED) is 0.900. The highest BCUT2D eigenvalue weighted by Gasteiger charge is 2.15. The summed E-state index contributed by atoms with van der Waals surface area (Å²) in [6.07, 6.45) is 0.847. The number of nitrogens with one attached hydrogen (secondary N) is 1. The fourth-order valence-corrected chi connectivity index (χ4v) is 1.41. The van der Waals surface area contributed by atoms with Crippen LogP contribution in [0.1, 0.15) is 20.3 Å². The van der Waals surface area contributed by atoms with Crippen LogP contribution in [0.15, 0.2) is 28.7 Å². The molecule has 15 heavy (non-hydrogen) atoms. The third-order valence-electron chi connectivity index (χ3n) is 2.23. The molecule has 0 radical (unpaired) electrons. The van der Waals surface area contributed by atoms with Crippen LogP contribution in [0.4, 0.5) is 5.69 Å². The molecule has 0 unspecified atom stereocenters. The Balaban J connectivity index is 2.39. The highest BCUT2D eigenvalue weighted by molar-refractivity contribution is 9.10. The van der Waals surface area contributed by atoms with Crippen LogP contribution in [0, 0.1) is 16.7 Å². The standard InChI is InChI=1S/C12H15BrN2/c1-12(2,9-14)7-8-15-11-5-3-10(13)4-6-11/h3-6,15H,7-8H2,1-2H3. The van der Waals surface area contributed by atoms with Gasteiger partial charge < -0.3 is 5.32 Å². The van der Waals surface area contributed by atoms with Crippen LogP contribution >= 0.6 is 15.9 Å². The summed E-state index contributed by atoms with van der Waals surface area (Å²) >= 11 is 3.39. The Labute approximate surface area is 99.4 Å². The number of halogens is 1. The topological polar surface area (TPSA) is 35.8 Å². The Morgan fingerprint density at radius 2 is 1.93 bits per heavy atom. The normalized spacial score (nSPS) is 10.8. The van der Waals surface area contributed by atoms with Crippen molar-refractivity contribution in [2.24, 2.45) is 5.41 Å². The minimum atomic E-state index is -0.248. The van der Waals surface area contributed by atoms with Gasteiger partial charge in [-0.2, -0.15) is 5.26 Å². The van der Waals surface area contributed by atoms with Gasteiger partial charge in [0.1, 0.15) is 0 Å². The summed E-state index contributed by atoms with van der Waals surface area (Å²) in [4.78, 5) is 0. The van der Waals surface area contributed by atoms with Gasteiger partial charge in [-0.1, -0.05) is 15.9 Å². The van der Waals surface area contributed by atoms with Crippen LogP contribution in [0.2, 0.25) is 0 Å². The van der Waals surface area contributed by atoms with E-state index < -0.39 is 0 Å². The maximum Gasteiger partial charge on any atom is 0.0684 e. The highest BCUT2D eigenvalue weighted by Crippen LogP contribution is 2.19. The van der Waals surface area contributed by atoms with Crippen molar-refractivity contribution in [2.75, 3.05) is 11.9 Å². The minimum Gasteiger partial charge on any atom is -0.385 e. The van der Waals surface area contributed by atoms with Gasteiger partial charge >= 0.3 is 0 Å². The van der Waals surface area contributed by atoms with Gasteiger partial charge in [0.25, 0.3) is 0 Å². The van der Waals surface area contributed by atoms with Crippen molar-refractivity contribution in [2.45, 2.75) is 20.3 Å². The molecule has 0 saturated carbocycles. The molecular formula is C12H15BrN2. The van der Waals surface area contributed by atoms with Gasteiger partial charge in [-0.15, -0.1) is 0 Å². The van der Waals surface area contributed by atoms with Crippen molar-refractivity contribution in [3.8, 4) is 6.07 Å². The molecule has 0 aliphatic rings. The largest absolute Gasteiger partial charge is 0.385 e. The van der Waals surface area contributed by atoms with Gasteiger partial charge in [0.15, 0.2) is 0 Å². The third kappa shape index (κ3) is 4.35. The summed E-state index contributed by atoms with van der Waals surface area (Å²) in [6, 6.07) is 10.3. The number of hydrogen-bond donors (Lipinski definition) is 1. The molecule has 80 valence electrons. The van der Waals surface area contributed by atoms with Crippen molar-refractivity contribution >= 4 is 21.6 Å². The van der Waals surface area contributed by atoms with Crippen LogP contribution in [0.3, 0.4) is 0 Å². The lowest BCUT2D eigenvalue weighted by atomic mass is 9.91. The number of nitriles is 1. The molecule has 1 aromatic carbocycles. The van der Waals surface area contributed by atoms with E-state index in [0.717, 1.165) is 23.1 Å². The highest BCUT2D eigenvalue weighted by atomic mass is 79.9. The van der Waals surface area contributed by atoms with Gasteiger partial charge in [-0.25, -0.2) is 0 Å². The van der Waals surface area contributed by atoms with Crippen molar-refractivity contribution in [1.29, 1.82) is 5.26 Å². The summed E-state index contributed by atoms with van der Waals surface area (Å²) in [6.45, 7) is 4.73. The van der Waals surface area contributed by atoms with E-state index in [1.807, 2.05) is 38.1 Å². The molecule has 0 fully saturated rings. The number of benzene rings is 1. The summed E-state index contributed by atoms with van der Waals surface area (Å²) in [5, 5.41) is 12.1. The Morgan fingerprint density at radius 1 is 1.33 bits per heavy atom. The molecule has 0 heterocycles. The molecule has 0 aliphatic heterocycles. The Hall–Kier alpha value is -1.01. The van der Waals surface area contributed by atoms with E-state index in [-0.39, 0.29) is 5.41 Å². The molecule has 1 N–H and O–H groups in total. The van der Waals surface area contributed by atoms with E-state index in [1.165, 1.54) is 0 Å². The van der Waals surface area contributed by atoms with E-state index in [1.54, 1.807) is 0 Å². The molecule has 1 rings (SSSR count). The number of hydrogen-bond acceptors (Lipinski definition) is 2. The average molecular weight is 267 g/mol. The zero-order valence-corrected chi connectivity index (χ0v) is 10.6. The van der Waals surface area contributed by atoms with E-state index in [4.69, 9.17) is 5.26 Å². The fourth-order valence-electron chi connectivity index (χ4n) is 1.14. The molecular weight excluding hydrogens is 252 g/mol. The molecule has 0 atom stereocenters. The first-order valence-corrected chi connectivity index (χ1v) is 5.73. The van der Waals surface area contributed by atoms with E-state index in [0.29, 0.717) is 0 Å². The SMILES string of the molecule is CC(C)(C#N)CCNc1ccc(Br)cc1. The molecule has 1 aromatic rings. The Morgan fingerprint density at radius 3 is 2.47 bits per heavy atom. The van der Waals surface area contributed by atoms with Crippen LogP contribution in [-0.4, -0.2) is 6.54 Å². The summed E-state index contributed by atoms with van der Waals surface area (Å²) in [7, 11) is 0. The monoisotopic (exact) mass is 266 g/mol. The molecule has 0 saturated heterocycles. The average Bonchev–Trinajstić information content (AvgIpc) is 2.21. The molecule has 0 aliphatic carbocycles. The second kappa shape index (κ2) is 5.18. The molecule has 3 heteroatoms. The lowest BCUT2D eigenvalue weighted by Crippen LogP contribution is -2.14. The smallest absolute Gasteiger partial charge is 0.0684 e. The summed E-state index contributed by atoms with van der Waals surface area (Å²) < 4.78 is 1.07. The number of nitrogens with zero attached hydrogens (tertiary/aromatic N) is 1. The van der Waals surface area contributed by atoms with Crippen molar-refractivity contribution in [3.05, 3.63) is 28.7 Å². The Bertz CT molecular complexity index is 349. The maximum absolute atomic E-state index is 8.84. The first-order valence-electron chi connectivity index (χ1n) is 4.94. The molecule has 0 aromatic heterocycles. The van der Waals surface area contributed by atoms with Gasteiger partial charge in [-0.3, -0.25) is 0 Å². The molecule has 0 amide bonds. The Kier molecular flexibility index (Phi) is 4.16. The van der Waals surface area contributed by atoms with E-state index in [2.05, 4.69) is 27.3 Å². The minimum absolute atomic E-state index is 0.248. The van der Waals surface area contributed by atoms with Crippen LogP contribution in [0.25, 0.3) is 0 Å². The summed E-state index contributed by atoms with van der Waals surface area (Å²) in [5.41, 5.74) is 0.842. The van der Waals surface area contributed by atoms with Crippen molar-refractivity contribution in [3.63, 3.8) is 0 Å². The first kappa shape index (κ1) is 12.1. The van der Waals surface area contributed by atoms with Crippen molar-refractivity contribution in [1.82, 2.24) is 0 Å². The van der Waals surface area contributed by atoms with Crippen LogP contribution in [-0.2, 0) is 0 Å². The number of rotatable bonds is 4. The van der Waals surface area contributed by atoms with E-state index in [9.17, 15) is 0 Å². The van der Waals surface area contributed by atoms with Gasteiger partial charge in [0.2, 0.25) is 0 Å². The molecule has 0 bridgehead atoms. The van der Waals surface area contributed by atoms with Crippen LogP contribution < -0.4 is 5.32 Å². The lowest BCUT2D eigenvalue weighted by Gasteiger charge is -2.15. The molecule has 2 nitrogen and oxygen atoms in total. The predicted octanol–water partition coefficient (Wildman–Crippen LogP) is 3.80. The van der Waals surface area contributed by atoms with Gasteiger partial charge in [-0.05, 0) is 44.5 Å². The molecule has 0 spiro atoms. The van der Waals surface area contributed by atoms with Crippen LogP contribution in [0.5, 0.6) is 0 Å². The maximum atomic E-state index is 8.84. The number of anilines is 1. The predicted molar refractivity (Wildman–Crippen MR) is 66.6 cm³/mol. The van der Waals surface area contributed by atoms with Gasteiger partial charge in [0.05, 0.1) is 11.5 Å². The van der Waals surface area contributed by atoms with E-state index >= 15 is 0 Å². The summed E-state index contributed by atoms with van der Waals surface area (Å²) in [5.74, 6) is 0. The van der Waals surface area contributed by atoms with Crippen molar-refractivity contribution < 1.29 is 0 Å². The second-order valence-electron chi connectivity index (χ2n) is 4.18. The second-order valence-corrected chi connectivity index (χ2v) is 5.10. The zero-order valence-electron chi connectivity index (χ0n) is 9.05. The first-order chi connectivity index (χ1) is 7.03.